The molecule has 2 aromatic rings. The topological polar surface area (TPSA) is 141 Å². The number of methoxy groups -OCH3 is 2. The number of nitrogens with one attached hydrogen (secondary N) is 1. The molecule has 0 fully saturated rings. The fourth-order valence-electron chi connectivity index (χ4n) is 2.18. The molecule has 2 amide bonds. The molecule has 0 saturated carbocycles. The van der Waals surface area contributed by atoms with Gasteiger partial charge in [-0.25, -0.2) is 27.6 Å². The van der Waals surface area contributed by atoms with Crippen LogP contribution >= 0.6 is 0 Å². The van der Waals surface area contributed by atoms with Crippen LogP contribution in [0.25, 0.3) is 0 Å². The number of sulfonamides is 1. The SMILES string of the molecule is C#CCN(C(=O)NS(=O)(=O)c1ccccc1C(=O)OC)c1nc(C)nc(OC)n1. The van der Waals surface area contributed by atoms with Crippen molar-refractivity contribution in [1.29, 1.82) is 0 Å². The van der Waals surface area contributed by atoms with Crippen LogP contribution in [0, 0.1) is 19.3 Å². The quantitative estimate of drug-likeness (QED) is 0.524. The number of urea groups is 1. The smallest absolute Gasteiger partial charge is 0.339 e. The van der Waals surface area contributed by atoms with Gasteiger partial charge in [0.25, 0.3) is 10.0 Å². The summed E-state index contributed by atoms with van der Waals surface area (Å²) in [5.74, 6) is 1.36. The van der Waals surface area contributed by atoms with E-state index in [0.29, 0.717) is 0 Å². The largest absolute Gasteiger partial charge is 0.467 e. The molecule has 0 unspecified atom stereocenters. The van der Waals surface area contributed by atoms with Gasteiger partial charge in [0.05, 0.1) is 26.3 Å². The van der Waals surface area contributed by atoms with E-state index in [1.807, 2.05) is 4.72 Å². The van der Waals surface area contributed by atoms with Gasteiger partial charge in [0.1, 0.15) is 10.7 Å². The first kappa shape index (κ1) is 21.6. The minimum atomic E-state index is -4.46. The van der Waals surface area contributed by atoms with Crippen LogP contribution in [0.3, 0.4) is 0 Å². The van der Waals surface area contributed by atoms with E-state index in [1.165, 1.54) is 32.2 Å². The molecule has 0 atom stereocenters. The van der Waals surface area contributed by atoms with Crippen LogP contribution in [-0.2, 0) is 14.8 Å². The molecule has 12 heteroatoms. The van der Waals surface area contributed by atoms with Gasteiger partial charge in [0, 0.05) is 0 Å². The van der Waals surface area contributed by atoms with Crippen LogP contribution in [0.5, 0.6) is 6.01 Å². The third kappa shape index (κ3) is 4.96. The molecule has 0 saturated heterocycles. The number of anilines is 1. The van der Waals surface area contributed by atoms with Crippen molar-refractivity contribution < 1.29 is 27.5 Å². The second-order valence-corrected chi connectivity index (χ2v) is 7.01. The molecule has 11 nitrogen and oxygen atoms in total. The summed E-state index contributed by atoms with van der Waals surface area (Å²) in [5.41, 5.74) is -0.239. The molecular weight excluding hydrogens is 402 g/mol. The number of carbonyl (C=O) groups excluding carboxylic acids is 2. The molecule has 0 aliphatic heterocycles. The van der Waals surface area contributed by atoms with Crippen molar-refractivity contribution in [3.8, 4) is 18.4 Å². The van der Waals surface area contributed by atoms with E-state index in [0.717, 1.165) is 18.1 Å². The maximum absolute atomic E-state index is 12.7. The Morgan fingerprint density at radius 3 is 2.52 bits per heavy atom. The maximum atomic E-state index is 12.7. The number of aromatic nitrogens is 3. The summed E-state index contributed by atoms with van der Waals surface area (Å²) < 4.78 is 36.8. The summed E-state index contributed by atoms with van der Waals surface area (Å²) in [6.07, 6.45) is 5.29. The van der Waals surface area contributed by atoms with Gasteiger partial charge in [-0.05, 0) is 19.1 Å². The number of esters is 1. The molecule has 0 spiro atoms. The zero-order valence-electron chi connectivity index (χ0n) is 15.7. The second-order valence-electron chi connectivity index (χ2n) is 5.36. The van der Waals surface area contributed by atoms with Crippen molar-refractivity contribution in [2.75, 3.05) is 25.7 Å². The highest BCUT2D eigenvalue weighted by atomic mass is 32.2. The highest BCUT2D eigenvalue weighted by molar-refractivity contribution is 7.90. The predicted molar refractivity (Wildman–Crippen MR) is 101 cm³/mol. The molecule has 1 N–H and O–H groups in total. The molecule has 0 bridgehead atoms. The maximum Gasteiger partial charge on any atom is 0.339 e. The van der Waals surface area contributed by atoms with E-state index in [4.69, 9.17) is 11.2 Å². The number of rotatable bonds is 6. The minimum absolute atomic E-state index is 0.0822. The average Bonchev–Trinajstić information content (AvgIpc) is 2.70. The van der Waals surface area contributed by atoms with E-state index < -0.39 is 26.9 Å². The first-order valence-corrected chi connectivity index (χ1v) is 9.43. The number of benzene rings is 1. The summed E-state index contributed by atoms with van der Waals surface area (Å²) in [6, 6.07) is 4.05. The van der Waals surface area contributed by atoms with E-state index in [2.05, 4.69) is 25.6 Å². The zero-order valence-corrected chi connectivity index (χ0v) is 16.6. The number of hydrogen-bond donors (Lipinski definition) is 1. The molecule has 0 radical (unpaired) electrons. The van der Waals surface area contributed by atoms with Crippen molar-refractivity contribution in [3.63, 3.8) is 0 Å². The normalized spacial score (nSPS) is 10.6. The standard InChI is InChI=1S/C17H17N5O6S/c1-5-10-22(15-18-11(2)19-16(20-15)28-4)17(24)21-29(25,26)13-9-7-6-8-12(13)14(23)27-3/h1,6-9H,10H2,2-4H3,(H,21,24). The van der Waals surface area contributed by atoms with Crippen molar-refractivity contribution in [2.24, 2.45) is 0 Å². The Morgan fingerprint density at radius 1 is 1.21 bits per heavy atom. The summed E-state index contributed by atoms with van der Waals surface area (Å²) in [6.45, 7) is 1.19. The number of aryl methyl sites for hydroxylation is 1. The van der Waals surface area contributed by atoms with E-state index in [1.54, 1.807) is 0 Å². The highest BCUT2D eigenvalue weighted by Crippen LogP contribution is 2.18. The Kier molecular flexibility index (Phi) is 6.68. The van der Waals surface area contributed by atoms with Gasteiger partial charge in [-0.2, -0.15) is 15.0 Å². The number of nitrogens with zero attached hydrogens (tertiary/aromatic N) is 4. The number of hydrogen-bond acceptors (Lipinski definition) is 9. The lowest BCUT2D eigenvalue weighted by Gasteiger charge is -2.19. The lowest BCUT2D eigenvalue weighted by molar-refractivity contribution is 0.0596. The summed E-state index contributed by atoms with van der Waals surface area (Å²) in [7, 11) is -2.03. The van der Waals surface area contributed by atoms with Gasteiger partial charge in [-0.3, -0.25) is 0 Å². The molecule has 0 aliphatic rings. The van der Waals surface area contributed by atoms with Gasteiger partial charge >= 0.3 is 18.0 Å². The number of carbonyl (C=O) groups is 2. The molecule has 29 heavy (non-hydrogen) atoms. The molecule has 1 heterocycles. The Balaban J connectivity index is 2.42. The average molecular weight is 419 g/mol. The van der Waals surface area contributed by atoms with Gasteiger partial charge < -0.3 is 9.47 Å². The van der Waals surface area contributed by atoms with E-state index in [-0.39, 0.29) is 29.9 Å². The summed E-state index contributed by atoms with van der Waals surface area (Å²) >= 11 is 0. The predicted octanol–water partition coefficient (Wildman–Crippen LogP) is 0.513. The molecule has 0 aliphatic carbocycles. The molecule has 152 valence electrons. The highest BCUT2D eigenvalue weighted by Gasteiger charge is 2.28. The van der Waals surface area contributed by atoms with Crippen molar-refractivity contribution >= 4 is 28.0 Å². The van der Waals surface area contributed by atoms with Crippen LogP contribution in [0.2, 0.25) is 0 Å². The minimum Gasteiger partial charge on any atom is -0.467 e. The Hall–Kier alpha value is -3.72. The van der Waals surface area contributed by atoms with Gasteiger partial charge in [0.2, 0.25) is 5.95 Å². The van der Waals surface area contributed by atoms with Crippen molar-refractivity contribution in [1.82, 2.24) is 19.7 Å². The Labute approximate surface area is 167 Å². The first-order valence-electron chi connectivity index (χ1n) is 7.95. The van der Waals surface area contributed by atoms with Gasteiger partial charge in [-0.1, -0.05) is 18.1 Å². The zero-order chi connectivity index (χ0) is 21.6. The van der Waals surface area contributed by atoms with Gasteiger partial charge in [0.15, 0.2) is 0 Å². The molecule has 1 aromatic heterocycles. The Morgan fingerprint density at radius 2 is 1.90 bits per heavy atom. The van der Waals surface area contributed by atoms with Crippen molar-refractivity contribution in [2.45, 2.75) is 11.8 Å². The third-order valence-electron chi connectivity index (χ3n) is 3.44. The number of amides is 2. The molecule has 2 rings (SSSR count). The van der Waals surface area contributed by atoms with Crippen LogP contribution in [0.1, 0.15) is 16.2 Å². The fraction of sp³-hybridized carbons (Fsp3) is 0.235. The number of ether oxygens (including phenoxy) is 2. The second kappa shape index (κ2) is 8.98. The lowest BCUT2D eigenvalue weighted by atomic mass is 10.2. The van der Waals surface area contributed by atoms with E-state index in [9.17, 15) is 18.0 Å². The van der Waals surface area contributed by atoms with Gasteiger partial charge in [-0.15, -0.1) is 6.42 Å². The van der Waals surface area contributed by atoms with Crippen LogP contribution in [0.15, 0.2) is 29.2 Å². The first-order chi connectivity index (χ1) is 13.7. The molecule has 1 aromatic carbocycles. The molecular formula is C17H17N5O6S. The van der Waals surface area contributed by atoms with Crippen LogP contribution < -0.4 is 14.4 Å². The Bertz CT molecular complexity index is 1080. The fourth-order valence-corrected chi connectivity index (χ4v) is 3.33. The number of terminal acetylenes is 1. The van der Waals surface area contributed by atoms with Crippen LogP contribution in [0.4, 0.5) is 10.7 Å². The third-order valence-corrected chi connectivity index (χ3v) is 4.82. The lowest BCUT2D eigenvalue weighted by Crippen LogP contribution is -2.44. The van der Waals surface area contributed by atoms with Crippen LogP contribution in [-0.4, -0.2) is 56.1 Å². The monoisotopic (exact) mass is 419 g/mol. The van der Waals surface area contributed by atoms with E-state index >= 15 is 0 Å². The summed E-state index contributed by atoms with van der Waals surface area (Å²) in [4.78, 5) is 36.7. The van der Waals surface area contributed by atoms with Crippen molar-refractivity contribution in [3.05, 3.63) is 35.7 Å². The summed E-state index contributed by atoms with van der Waals surface area (Å²) in [5, 5.41) is 0.